The highest BCUT2D eigenvalue weighted by Gasteiger charge is 2.44. The van der Waals surface area contributed by atoms with Gasteiger partial charge in [-0.2, -0.15) is 0 Å². The zero-order valence-corrected chi connectivity index (χ0v) is 18.3. The van der Waals surface area contributed by atoms with Crippen molar-refractivity contribution in [1.82, 2.24) is 5.32 Å². The molecule has 4 N–H and O–H groups in total. The first-order chi connectivity index (χ1) is 14.7. The van der Waals surface area contributed by atoms with Gasteiger partial charge in [0.15, 0.2) is 0 Å². The second-order valence-corrected chi connectivity index (χ2v) is 7.50. The Balaban J connectivity index is 2.81. The molecule has 0 saturated heterocycles. The highest BCUT2D eigenvalue weighted by molar-refractivity contribution is 5.86. The summed E-state index contributed by atoms with van der Waals surface area (Å²) < 4.78 is 16.0. The lowest BCUT2D eigenvalue weighted by Gasteiger charge is -2.40. The number of unbranched alkanes of at least 4 members (excludes halogenated alkanes) is 4. The maximum atomic E-state index is 11.9. The van der Waals surface area contributed by atoms with Crippen molar-refractivity contribution in [3.8, 4) is 0 Å². The molecule has 0 aromatic heterocycles. The Hall–Kier alpha value is -2.46. The van der Waals surface area contributed by atoms with Gasteiger partial charge in [0.25, 0.3) is 0 Å². The van der Waals surface area contributed by atoms with E-state index in [-0.39, 0.29) is 13.0 Å². The van der Waals surface area contributed by atoms with E-state index >= 15 is 0 Å². The van der Waals surface area contributed by atoms with E-state index in [0.717, 1.165) is 31.9 Å². The van der Waals surface area contributed by atoms with Gasteiger partial charge in [0.1, 0.15) is 24.9 Å². The Morgan fingerprint density at radius 2 is 1.97 bits per heavy atom. The Kier molecular flexibility index (Phi) is 11.8. The van der Waals surface area contributed by atoms with E-state index in [1.165, 1.54) is 20.1 Å². The number of aliphatic hydroxyl groups excluding tert-OH is 1. The minimum Gasteiger partial charge on any atom is -0.478 e. The van der Waals surface area contributed by atoms with Gasteiger partial charge >= 0.3 is 11.9 Å². The molecule has 3 unspecified atom stereocenters. The zero-order valence-electron chi connectivity index (χ0n) is 18.3. The summed E-state index contributed by atoms with van der Waals surface area (Å²) >= 11 is 0. The summed E-state index contributed by atoms with van der Waals surface area (Å²) in [5.74, 6) is -3.42. The van der Waals surface area contributed by atoms with E-state index < -0.39 is 53.9 Å². The molecule has 0 radical (unpaired) electrons. The van der Waals surface area contributed by atoms with Gasteiger partial charge in [0.2, 0.25) is 11.7 Å². The number of carboxylic acid groups (broad SMARTS) is 1. The molecule has 10 heteroatoms. The van der Waals surface area contributed by atoms with Crippen LogP contribution in [0.4, 0.5) is 0 Å². The molecule has 1 heterocycles. The molecular formula is C21H34N2O8. The van der Waals surface area contributed by atoms with E-state index in [2.05, 4.69) is 12.2 Å². The van der Waals surface area contributed by atoms with Gasteiger partial charge in [0.05, 0.1) is 6.04 Å². The third kappa shape index (κ3) is 8.66. The summed E-state index contributed by atoms with van der Waals surface area (Å²) in [6.07, 6.45) is 3.75. The summed E-state index contributed by atoms with van der Waals surface area (Å²) in [6.45, 7) is 3.00. The van der Waals surface area contributed by atoms with Crippen LogP contribution in [0.25, 0.3) is 0 Å². The van der Waals surface area contributed by atoms with Crippen molar-refractivity contribution >= 4 is 24.1 Å². The topological polar surface area (TPSA) is 155 Å². The molecule has 0 aromatic carbocycles. The Morgan fingerprint density at radius 3 is 2.52 bits per heavy atom. The number of hydrogen-bond acceptors (Lipinski definition) is 8. The Bertz CT molecular complexity index is 651. The van der Waals surface area contributed by atoms with Gasteiger partial charge in [-0.15, -0.1) is 0 Å². The molecule has 1 amide bonds. The molecule has 0 spiro atoms. The first-order valence-corrected chi connectivity index (χ1v) is 10.5. The summed E-state index contributed by atoms with van der Waals surface area (Å²) in [4.78, 5) is 35.0. The minimum atomic E-state index is -1.35. The van der Waals surface area contributed by atoms with Crippen LogP contribution in [-0.2, 0) is 28.6 Å². The number of carbonyl (C=O) groups excluding carboxylic acids is 2. The molecule has 5 atom stereocenters. The van der Waals surface area contributed by atoms with Crippen LogP contribution in [0.15, 0.2) is 11.8 Å². The second kappa shape index (κ2) is 13.8. The Morgan fingerprint density at radius 1 is 1.29 bits per heavy atom. The number of ether oxygens (including phenoxy) is 3. The second-order valence-electron chi connectivity index (χ2n) is 7.50. The number of carboxylic acids is 1. The molecule has 1 rings (SSSR count). The van der Waals surface area contributed by atoms with Gasteiger partial charge < -0.3 is 35.1 Å². The summed E-state index contributed by atoms with van der Waals surface area (Å²) in [6, 6.07) is -0.855. The molecule has 0 aliphatic carbocycles. The molecule has 10 nitrogen and oxygen atoms in total. The summed E-state index contributed by atoms with van der Waals surface area (Å²) in [5, 5.41) is 30.1. The van der Waals surface area contributed by atoms with E-state index in [4.69, 9.17) is 19.6 Å². The van der Waals surface area contributed by atoms with E-state index in [1.54, 1.807) is 0 Å². The first-order valence-electron chi connectivity index (χ1n) is 10.5. The largest absolute Gasteiger partial charge is 0.478 e. The molecule has 1 aliphatic rings. The van der Waals surface area contributed by atoms with Crippen LogP contribution < -0.4 is 5.32 Å². The highest BCUT2D eigenvalue weighted by Crippen LogP contribution is 2.27. The van der Waals surface area contributed by atoms with Crippen LogP contribution in [0, 0.1) is 11.3 Å². The number of carbonyl (C=O) groups is 3. The number of esters is 1. The van der Waals surface area contributed by atoms with Crippen molar-refractivity contribution < 1.29 is 38.8 Å². The average molecular weight is 443 g/mol. The molecule has 0 aromatic rings. The van der Waals surface area contributed by atoms with E-state index in [0.29, 0.717) is 6.42 Å². The van der Waals surface area contributed by atoms with Crippen molar-refractivity contribution in [2.24, 2.45) is 5.92 Å². The number of methoxy groups -OCH3 is 1. The number of hydrogen-bond donors (Lipinski definition) is 4. The molecule has 31 heavy (non-hydrogen) atoms. The smallest absolute Gasteiger partial charge is 0.370 e. The van der Waals surface area contributed by atoms with Crippen LogP contribution in [0.1, 0.15) is 52.4 Å². The highest BCUT2D eigenvalue weighted by atomic mass is 16.6. The molecule has 0 fully saturated rings. The van der Waals surface area contributed by atoms with Crippen LogP contribution >= 0.6 is 0 Å². The maximum Gasteiger partial charge on any atom is 0.370 e. The van der Waals surface area contributed by atoms with Crippen molar-refractivity contribution in [2.45, 2.75) is 76.7 Å². The van der Waals surface area contributed by atoms with Gasteiger partial charge in [-0.1, -0.05) is 32.6 Å². The lowest BCUT2D eigenvalue weighted by atomic mass is 9.87. The summed E-state index contributed by atoms with van der Waals surface area (Å²) in [7, 11) is 1.29. The fraction of sp³-hybridized carbons (Fsp3) is 0.714. The van der Waals surface area contributed by atoms with Gasteiger partial charge in [0, 0.05) is 32.6 Å². The van der Waals surface area contributed by atoms with Crippen molar-refractivity contribution in [3.05, 3.63) is 11.8 Å². The van der Waals surface area contributed by atoms with Crippen molar-refractivity contribution in [2.75, 3.05) is 13.7 Å². The monoisotopic (exact) mass is 442 g/mol. The van der Waals surface area contributed by atoms with Crippen molar-refractivity contribution in [3.63, 3.8) is 0 Å². The normalized spacial score (nSPS) is 22.5. The summed E-state index contributed by atoms with van der Waals surface area (Å²) in [5.41, 5.74) is 0. The third-order valence-corrected chi connectivity index (χ3v) is 5.02. The molecule has 0 saturated carbocycles. The fourth-order valence-electron chi connectivity index (χ4n) is 3.44. The number of amides is 1. The van der Waals surface area contributed by atoms with Crippen LogP contribution in [-0.4, -0.2) is 72.3 Å². The number of rotatable bonds is 14. The van der Waals surface area contributed by atoms with E-state index in [9.17, 15) is 24.6 Å². The number of aliphatic carboxylic acids is 1. The SMILES string of the molecule is CCCCCCCC(=O)OCC(O)C(OC)[C@@H]1OC(C(=O)O)=C[C@H](C=N)C1NC(C)=O. The number of nitrogens with one attached hydrogen (secondary N) is 2. The first kappa shape index (κ1) is 26.6. The fourth-order valence-corrected chi connectivity index (χ4v) is 3.44. The quantitative estimate of drug-likeness (QED) is 0.179. The standard InChI is InChI=1S/C21H34N2O8/c1-4-5-6-7-8-9-17(26)30-12-15(25)19(29-3)20-18(23-13(2)24)14(11-22)10-16(31-20)21(27)28/h10-11,14-15,18-20,22,25H,4-9,12H2,1-3H3,(H,23,24)(H,27,28)/t14-,15?,18?,19?,20-/m1/s1. The maximum absolute atomic E-state index is 11.9. The zero-order chi connectivity index (χ0) is 23.4. The minimum absolute atomic E-state index is 0.240. The predicted octanol–water partition coefficient (Wildman–Crippen LogP) is 1.40. The molecular weight excluding hydrogens is 408 g/mol. The lowest BCUT2D eigenvalue weighted by molar-refractivity contribution is -0.159. The van der Waals surface area contributed by atoms with Gasteiger partial charge in [-0.3, -0.25) is 9.59 Å². The molecule has 0 bridgehead atoms. The lowest BCUT2D eigenvalue weighted by Crippen LogP contribution is -2.59. The van der Waals surface area contributed by atoms with Gasteiger partial charge in [-0.05, 0) is 12.5 Å². The van der Waals surface area contributed by atoms with Crippen LogP contribution in [0.2, 0.25) is 0 Å². The van der Waals surface area contributed by atoms with Gasteiger partial charge in [-0.25, -0.2) is 4.79 Å². The Labute approximate surface area is 182 Å². The number of aliphatic hydroxyl groups is 1. The van der Waals surface area contributed by atoms with Crippen LogP contribution in [0.5, 0.6) is 0 Å². The average Bonchev–Trinajstić information content (AvgIpc) is 2.72. The van der Waals surface area contributed by atoms with Crippen molar-refractivity contribution in [1.29, 1.82) is 5.41 Å². The molecule has 176 valence electrons. The van der Waals surface area contributed by atoms with E-state index in [1.807, 2.05) is 0 Å². The molecule has 1 aliphatic heterocycles. The third-order valence-electron chi connectivity index (χ3n) is 5.02. The predicted molar refractivity (Wildman–Crippen MR) is 112 cm³/mol. The van der Waals surface area contributed by atoms with Crippen LogP contribution in [0.3, 0.4) is 0 Å².